The summed E-state index contributed by atoms with van der Waals surface area (Å²) < 4.78 is 0. The third-order valence-corrected chi connectivity index (χ3v) is 3.78. The average Bonchev–Trinajstić information content (AvgIpc) is 2.39. The molecule has 0 aliphatic carbocycles. The summed E-state index contributed by atoms with van der Waals surface area (Å²) in [6, 6.07) is 6.08. The Bertz CT molecular complexity index is 697. The molecule has 0 radical (unpaired) electrons. The minimum Gasteiger partial charge on any atom is -0.321 e. The number of aromatic nitrogens is 2. The van der Waals surface area contributed by atoms with E-state index in [1.165, 1.54) is 0 Å². The van der Waals surface area contributed by atoms with Crippen LogP contribution >= 0.6 is 0 Å². The molecule has 0 bridgehead atoms. The normalized spacial score (nSPS) is 10.9. The third-order valence-electron chi connectivity index (χ3n) is 3.78. The van der Waals surface area contributed by atoms with Crippen molar-refractivity contribution < 1.29 is 4.79 Å². The van der Waals surface area contributed by atoms with Gasteiger partial charge in [-0.05, 0) is 44.7 Å². The molecule has 0 atom stereocenters. The molecule has 22 heavy (non-hydrogen) atoms. The van der Waals surface area contributed by atoms with E-state index < -0.39 is 0 Å². The summed E-state index contributed by atoms with van der Waals surface area (Å²) in [5.41, 5.74) is 5.06. The van der Waals surface area contributed by atoms with Gasteiger partial charge in [0.25, 0.3) is 5.91 Å². The predicted molar refractivity (Wildman–Crippen MR) is 89.5 cm³/mol. The first-order chi connectivity index (χ1) is 10.3. The summed E-state index contributed by atoms with van der Waals surface area (Å²) in [6.07, 6.45) is 0. The largest absolute Gasteiger partial charge is 0.321 e. The van der Waals surface area contributed by atoms with Crippen molar-refractivity contribution in [3.8, 4) is 0 Å². The molecule has 0 saturated heterocycles. The number of aryl methyl sites for hydroxylation is 4. The number of benzene rings is 1. The van der Waals surface area contributed by atoms with E-state index in [1.807, 2.05) is 39.8 Å². The van der Waals surface area contributed by atoms with Crippen LogP contribution in [-0.4, -0.2) is 15.9 Å². The first-order valence-electron chi connectivity index (χ1n) is 7.54. The van der Waals surface area contributed by atoms with Gasteiger partial charge < -0.3 is 5.32 Å². The van der Waals surface area contributed by atoms with E-state index in [4.69, 9.17) is 0 Å². The number of anilines is 1. The highest BCUT2D eigenvalue weighted by Crippen LogP contribution is 2.28. The number of hydrogen-bond donors (Lipinski definition) is 1. The van der Waals surface area contributed by atoms with Gasteiger partial charge in [0.2, 0.25) is 0 Å². The summed E-state index contributed by atoms with van der Waals surface area (Å²) >= 11 is 0. The fourth-order valence-electron chi connectivity index (χ4n) is 2.73. The van der Waals surface area contributed by atoms with E-state index in [9.17, 15) is 4.79 Å². The minimum atomic E-state index is -0.147. The van der Waals surface area contributed by atoms with Gasteiger partial charge in [-0.1, -0.05) is 32.0 Å². The molecule has 2 rings (SSSR count). The Kier molecular flexibility index (Phi) is 4.59. The highest BCUT2D eigenvalue weighted by Gasteiger charge is 2.18. The smallest absolute Gasteiger partial charge is 0.259 e. The van der Waals surface area contributed by atoms with Gasteiger partial charge in [0.15, 0.2) is 0 Å². The lowest BCUT2D eigenvalue weighted by molar-refractivity contribution is 0.102. The van der Waals surface area contributed by atoms with E-state index in [-0.39, 0.29) is 5.91 Å². The van der Waals surface area contributed by atoms with Crippen LogP contribution in [0.5, 0.6) is 0 Å². The fourth-order valence-corrected chi connectivity index (χ4v) is 2.73. The van der Waals surface area contributed by atoms with Gasteiger partial charge >= 0.3 is 0 Å². The predicted octanol–water partition coefficient (Wildman–Crippen LogP) is 4.09. The molecule has 0 spiro atoms. The molecule has 0 aliphatic heterocycles. The van der Waals surface area contributed by atoms with Gasteiger partial charge in [-0.2, -0.15) is 0 Å². The van der Waals surface area contributed by atoms with Crippen molar-refractivity contribution in [2.45, 2.75) is 47.5 Å². The summed E-state index contributed by atoms with van der Waals surface area (Å²) in [4.78, 5) is 21.3. The van der Waals surface area contributed by atoms with Gasteiger partial charge in [-0.25, -0.2) is 9.97 Å². The van der Waals surface area contributed by atoms with Crippen LogP contribution in [0.1, 0.15) is 58.5 Å². The Morgan fingerprint density at radius 2 is 1.64 bits per heavy atom. The van der Waals surface area contributed by atoms with Crippen LogP contribution in [0.2, 0.25) is 0 Å². The highest BCUT2D eigenvalue weighted by atomic mass is 16.1. The molecule has 1 N–H and O–H groups in total. The number of carbonyl (C=O) groups excluding carboxylic acids is 1. The van der Waals surface area contributed by atoms with E-state index in [0.717, 1.165) is 16.8 Å². The van der Waals surface area contributed by atoms with Crippen molar-refractivity contribution in [3.05, 3.63) is 52.1 Å². The molecule has 1 amide bonds. The Balaban J connectivity index is 2.43. The molecule has 0 unspecified atom stereocenters. The lowest BCUT2D eigenvalue weighted by atomic mass is 9.98. The molecular formula is C18H23N3O. The molecule has 0 saturated carbocycles. The average molecular weight is 297 g/mol. The number of rotatable bonds is 3. The molecule has 0 aliphatic rings. The summed E-state index contributed by atoms with van der Waals surface area (Å²) in [5.74, 6) is 0.878. The second-order valence-corrected chi connectivity index (χ2v) is 5.96. The molecule has 1 aromatic heterocycles. The topological polar surface area (TPSA) is 54.9 Å². The number of para-hydroxylation sites is 1. The Hall–Kier alpha value is -2.23. The summed E-state index contributed by atoms with van der Waals surface area (Å²) in [7, 11) is 0. The Labute approximate surface area is 132 Å². The summed E-state index contributed by atoms with van der Waals surface area (Å²) in [5, 5.41) is 3.06. The fraction of sp³-hybridized carbons (Fsp3) is 0.389. The van der Waals surface area contributed by atoms with Gasteiger partial charge in [-0.3, -0.25) is 4.79 Å². The Morgan fingerprint density at radius 1 is 1.05 bits per heavy atom. The van der Waals surface area contributed by atoms with E-state index in [1.54, 1.807) is 0 Å². The highest BCUT2D eigenvalue weighted by molar-refractivity contribution is 6.06. The van der Waals surface area contributed by atoms with Crippen molar-refractivity contribution in [1.82, 2.24) is 9.97 Å². The first-order valence-corrected chi connectivity index (χ1v) is 7.54. The van der Waals surface area contributed by atoms with Crippen LogP contribution in [0.3, 0.4) is 0 Å². The van der Waals surface area contributed by atoms with Gasteiger partial charge in [0, 0.05) is 5.69 Å². The van der Waals surface area contributed by atoms with Crippen molar-refractivity contribution in [2.75, 3.05) is 5.32 Å². The maximum absolute atomic E-state index is 12.7. The van der Waals surface area contributed by atoms with E-state index in [0.29, 0.717) is 28.7 Å². The standard InChI is InChI=1S/C18H23N3O/c1-10(2)15-9-7-8-11(3)17(15)21-18(22)16-12(4)19-14(6)20-13(16)5/h7-10H,1-6H3,(H,21,22). The second kappa shape index (κ2) is 6.26. The molecule has 0 fully saturated rings. The van der Waals surface area contributed by atoms with E-state index in [2.05, 4.69) is 35.2 Å². The van der Waals surface area contributed by atoms with E-state index >= 15 is 0 Å². The summed E-state index contributed by atoms with van der Waals surface area (Å²) in [6.45, 7) is 11.8. The quantitative estimate of drug-likeness (QED) is 0.928. The molecule has 1 heterocycles. The molecule has 1 aromatic carbocycles. The number of carbonyl (C=O) groups is 1. The molecule has 4 heteroatoms. The molecule has 2 aromatic rings. The maximum atomic E-state index is 12.7. The number of amides is 1. The zero-order valence-corrected chi connectivity index (χ0v) is 14.1. The zero-order chi connectivity index (χ0) is 16.4. The maximum Gasteiger partial charge on any atom is 0.259 e. The third kappa shape index (κ3) is 3.16. The Morgan fingerprint density at radius 3 is 2.18 bits per heavy atom. The number of hydrogen-bond acceptors (Lipinski definition) is 3. The van der Waals surface area contributed by atoms with Crippen LogP contribution in [-0.2, 0) is 0 Å². The zero-order valence-electron chi connectivity index (χ0n) is 14.1. The first kappa shape index (κ1) is 16.1. The monoisotopic (exact) mass is 297 g/mol. The molecular weight excluding hydrogens is 274 g/mol. The van der Waals surface area contributed by atoms with Crippen molar-refractivity contribution in [3.63, 3.8) is 0 Å². The second-order valence-electron chi connectivity index (χ2n) is 5.96. The van der Waals surface area contributed by atoms with Crippen LogP contribution in [0, 0.1) is 27.7 Å². The number of nitrogens with one attached hydrogen (secondary N) is 1. The van der Waals surface area contributed by atoms with Crippen molar-refractivity contribution in [1.29, 1.82) is 0 Å². The van der Waals surface area contributed by atoms with Crippen molar-refractivity contribution in [2.24, 2.45) is 0 Å². The lowest BCUT2D eigenvalue weighted by Gasteiger charge is -2.17. The van der Waals surface area contributed by atoms with Gasteiger partial charge in [0.1, 0.15) is 5.82 Å². The van der Waals surface area contributed by atoms with Gasteiger partial charge in [-0.15, -0.1) is 0 Å². The van der Waals surface area contributed by atoms with Crippen LogP contribution in [0.15, 0.2) is 18.2 Å². The number of nitrogens with zero attached hydrogens (tertiary/aromatic N) is 2. The minimum absolute atomic E-state index is 0.147. The lowest BCUT2D eigenvalue weighted by Crippen LogP contribution is -2.19. The van der Waals surface area contributed by atoms with Gasteiger partial charge in [0.05, 0.1) is 17.0 Å². The molecule has 4 nitrogen and oxygen atoms in total. The van der Waals surface area contributed by atoms with Crippen LogP contribution in [0.25, 0.3) is 0 Å². The van der Waals surface area contributed by atoms with Crippen LogP contribution in [0.4, 0.5) is 5.69 Å². The van der Waals surface area contributed by atoms with Crippen molar-refractivity contribution >= 4 is 11.6 Å². The SMILES string of the molecule is Cc1nc(C)c(C(=O)Nc2c(C)cccc2C(C)C)c(C)n1. The molecule has 116 valence electrons. The van der Waals surface area contributed by atoms with Crippen LogP contribution < -0.4 is 5.32 Å².